The van der Waals surface area contributed by atoms with Crippen molar-refractivity contribution >= 4 is 29.5 Å². The summed E-state index contributed by atoms with van der Waals surface area (Å²) >= 11 is 0. The van der Waals surface area contributed by atoms with Crippen molar-refractivity contribution < 1.29 is 32.6 Å². The molecule has 9 nitrogen and oxygen atoms in total. The number of pyridine rings is 1. The second kappa shape index (κ2) is 8.84. The lowest BCUT2D eigenvalue weighted by Crippen LogP contribution is -2.50. The van der Waals surface area contributed by atoms with E-state index in [4.69, 9.17) is 15.2 Å². The average Bonchev–Trinajstić information content (AvgIpc) is 2.70. The minimum absolute atomic E-state index is 0.0458. The Morgan fingerprint density at radius 2 is 1.88 bits per heavy atom. The second-order valence-corrected chi connectivity index (χ2v) is 9.84. The summed E-state index contributed by atoms with van der Waals surface area (Å²) in [5.41, 5.74) is 4.41. The predicted octanol–water partition coefficient (Wildman–Crippen LogP) is 3.55. The van der Waals surface area contributed by atoms with Gasteiger partial charge in [-0.2, -0.15) is 0 Å². The largest absolute Gasteiger partial charge is 0.464 e. The van der Waals surface area contributed by atoms with Gasteiger partial charge in [0.15, 0.2) is 5.69 Å². The number of esters is 1. The van der Waals surface area contributed by atoms with E-state index in [2.05, 4.69) is 10.3 Å². The van der Waals surface area contributed by atoms with Gasteiger partial charge in [-0.15, -0.1) is 0 Å². The zero-order valence-corrected chi connectivity index (χ0v) is 19.9. The van der Waals surface area contributed by atoms with E-state index in [-0.39, 0.29) is 30.9 Å². The number of allylic oxidation sites excluding steroid dienone is 1. The smallest absolute Gasteiger partial charge is 0.414 e. The van der Waals surface area contributed by atoms with E-state index >= 15 is 0 Å². The maximum absolute atomic E-state index is 13.8. The van der Waals surface area contributed by atoms with Crippen molar-refractivity contribution in [2.24, 2.45) is 11.1 Å². The first-order valence-corrected chi connectivity index (χ1v) is 10.9. The molecule has 1 saturated carbocycles. The topological polar surface area (TPSA) is 124 Å². The van der Waals surface area contributed by atoms with E-state index in [0.29, 0.717) is 17.7 Å². The van der Waals surface area contributed by atoms with E-state index in [1.54, 1.807) is 26.8 Å². The van der Waals surface area contributed by atoms with Crippen LogP contribution in [0.25, 0.3) is 5.70 Å². The van der Waals surface area contributed by atoms with Crippen molar-refractivity contribution in [2.45, 2.75) is 64.5 Å². The summed E-state index contributed by atoms with van der Waals surface area (Å²) in [5.74, 6) is -4.08. The van der Waals surface area contributed by atoms with Crippen LogP contribution < -0.4 is 11.1 Å². The molecule has 2 heterocycles. The highest BCUT2D eigenvalue weighted by Gasteiger charge is 2.57. The molecule has 34 heavy (non-hydrogen) atoms. The number of ether oxygens (including phenoxy) is 2. The standard InChI is InChI=1S/C23H30F2N4O5/c1-13(17(26)30)27-18-14(6-7-15(28-18)19(31)33-5)16-10-22(11-23(24,25)12-22)8-9-29(16)20(32)34-21(2,3)4/h6-7,10,13H,8-9,11-12H2,1-5H3,(H2,26,30)(H,27,28). The fourth-order valence-corrected chi connectivity index (χ4v) is 4.15. The molecule has 3 rings (SSSR count). The van der Waals surface area contributed by atoms with Crippen LogP contribution in [0.1, 0.15) is 63.0 Å². The Balaban J connectivity index is 2.12. The predicted molar refractivity (Wildman–Crippen MR) is 120 cm³/mol. The Bertz CT molecular complexity index is 1030. The average molecular weight is 481 g/mol. The lowest BCUT2D eigenvalue weighted by molar-refractivity contribution is -0.146. The number of carbonyl (C=O) groups is 3. The molecule has 2 aliphatic rings. The highest BCUT2D eigenvalue weighted by molar-refractivity contribution is 5.91. The first-order chi connectivity index (χ1) is 15.7. The van der Waals surface area contributed by atoms with Gasteiger partial charge in [-0.25, -0.2) is 23.4 Å². The van der Waals surface area contributed by atoms with Gasteiger partial charge in [0.1, 0.15) is 17.5 Å². The van der Waals surface area contributed by atoms with Crippen LogP contribution in [0.5, 0.6) is 0 Å². The number of methoxy groups -OCH3 is 1. The van der Waals surface area contributed by atoms with Crippen molar-refractivity contribution in [1.82, 2.24) is 9.88 Å². The minimum atomic E-state index is -2.77. The summed E-state index contributed by atoms with van der Waals surface area (Å²) < 4.78 is 37.9. The Morgan fingerprint density at radius 3 is 2.41 bits per heavy atom. The number of rotatable bonds is 5. The van der Waals surface area contributed by atoms with Crippen LogP contribution in [0.4, 0.5) is 19.4 Å². The Kier molecular flexibility index (Phi) is 6.60. The van der Waals surface area contributed by atoms with Gasteiger partial charge in [-0.3, -0.25) is 9.69 Å². The SMILES string of the molecule is COC(=O)c1ccc(C2=CC3(CCN2C(=O)OC(C)(C)C)CC(F)(F)C3)c(NC(C)C(N)=O)n1. The molecular weight excluding hydrogens is 450 g/mol. The highest BCUT2D eigenvalue weighted by atomic mass is 19.3. The normalized spacial score (nSPS) is 19.5. The second-order valence-electron chi connectivity index (χ2n) is 9.84. The molecule has 186 valence electrons. The third-order valence-electron chi connectivity index (χ3n) is 5.75. The summed E-state index contributed by atoms with van der Waals surface area (Å²) in [5, 5.41) is 2.85. The van der Waals surface area contributed by atoms with Gasteiger partial charge in [0, 0.05) is 30.4 Å². The van der Waals surface area contributed by atoms with Crippen LogP contribution >= 0.6 is 0 Å². The van der Waals surface area contributed by atoms with Gasteiger partial charge in [0.05, 0.1) is 12.8 Å². The van der Waals surface area contributed by atoms with Crippen LogP contribution in [0.2, 0.25) is 0 Å². The minimum Gasteiger partial charge on any atom is -0.464 e. The number of halogens is 2. The van der Waals surface area contributed by atoms with Crippen molar-refractivity contribution in [3.63, 3.8) is 0 Å². The first kappa shape index (κ1) is 25.4. The number of amides is 2. The molecule has 0 radical (unpaired) electrons. The van der Waals surface area contributed by atoms with Crippen LogP contribution in [0.15, 0.2) is 18.2 Å². The number of anilines is 1. The number of primary amides is 1. The van der Waals surface area contributed by atoms with E-state index in [1.807, 2.05) is 0 Å². The van der Waals surface area contributed by atoms with Crippen molar-refractivity contribution in [3.05, 3.63) is 29.5 Å². The Labute approximate surface area is 196 Å². The summed E-state index contributed by atoms with van der Waals surface area (Å²) in [6, 6.07) is 2.04. The molecule has 1 aliphatic heterocycles. The molecule has 1 spiro atoms. The maximum atomic E-state index is 13.8. The number of hydrogen-bond donors (Lipinski definition) is 2. The number of nitrogens with one attached hydrogen (secondary N) is 1. The highest BCUT2D eigenvalue weighted by Crippen LogP contribution is 2.58. The third kappa shape index (κ3) is 5.45. The number of nitrogens with two attached hydrogens (primary N) is 1. The summed E-state index contributed by atoms with van der Waals surface area (Å²) in [4.78, 5) is 42.4. The maximum Gasteiger partial charge on any atom is 0.414 e. The monoisotopic (exact) mass is 480 g/mol. The number of carbonyl (C=O) groups excluding carboxylic acids is 3. The molecule has 1 atom stereocenters. The van der Waals surface area contributed by atoms with E-state index in [9.17, 15) is 23.2 Å². The van der Waals surface area contributed by atoms with E-state index < -0.39 is 41.0 Å². The fraction of sp³-hybridized carbons (Fsp3) is 0.565. The zero-order valence-electron chi connectivity index (χ0n) is 19.9. The van der Waals surface area contributed by atoms with Crippen LogP contribution in [0, 0.1) is 5.41 Å². The first-order valence-electron chi connectivity index (χ1n) is 10.9. The molecule has 1 unspecified atom stereocenters. The molecular formula is C23H30F2N4O5. The molecule has 1 aromatic heterocycles. The van der Waals surface area contributed by atoms with Crippen molar-refractivity contribution in [1.29, 1.82) is 0 Å². The molecule has 11 heteroatoms. The lowest BCUT2D eigenvalue weighted by Gasteiger charge is -2.50. The van der Waals surface area contributed by atoms with Gasteiger partial charge in [-0.1, -0.05) is 6.08 Å². The molecule has 0 aromatic carbocycles. The summed E-state index contributed by atoms with van der Waals surface area (Å²) in [7, 11) is 1.20. The van der Waals surface area contributed by atoms with Crippen LogP contribution in [0.3, 0.4) is 0 Å². The molecule has 3 N–H and O–H groups in total. The summed E-state index contributed by atoms with van der Waals surface area (Å²) in [6.07, 6.45) is 0.678. The van der Waals surface area contributed by atoms with Gasteiger partial charge >= 0.3 is 12.1 Å². The summed E-state index contributed by atoms with van der Waals surface area (Å²) in [6.45, 7) is 6.83. The van der Waals surface area contributed by atoms with E-state index in [0.717, 1.165) is 0 Å². The number of alkyl halides is 2. The molecule has 0 bridgehead atoms. The number of hydrogen-bond acceptors (Lipinski definition) is 7. The van der Waals surface area contributed by atoms with E-state index in [1.165, 1.54) is 31.1 Å². The van der Waals surface area contributed by atoms with Crippen LogP contribution in [-0.2, 0) is 14.3 Å². The van der Waals surface area contributed by atoms with Gasteiger partial charge in [0.25, 0.3) is 0 Å². The fourth-order valence-electron chi connectivity index (χ4n) is 4.15. The lowest BCUT2D eigenvalue weighted by atomic mass is 9.62. The van der Waals surface area contributed by atoms with Crippen molar-refractivity contribution in [2.75, 3.05) is 19.0 Å². The van der Waals surface area contributed by atoms with Gasteiger partial charge in [-0.05, 0) is 46.2 Å². The molecule has 0 saturated heterocycles. The van der Waals surface area contributed by atoms with Crippen LogP contribution in [-0.4, -0.2) is 59.1 Å². The van der Waals surface area contributed by atoms with Gasteiger partial charge < -0.3 is 20.5 Å². The number of aromatic nitrogens is 1. The van der Waals surface area contributed by atoms with Gasteiger partial charge in [0.2, 0.25) is 11.8 Å². The molecule has 1 fully saturated rings. The Hall–Kier alpha value is -3.24. The Morgan fingerprint density at radius 1 is 1.24 bits per heavy atom. The third-order valence-corrected chi connectivity index (χ3v) is 5.75. The quantitative estimate of drug-likeness (QED) is 0.618. The molecule has 1 aromatic rings. The molecule has 2 amide bonds. The van der Waals surface area contributed by atoms with Crippen molar-refractivity contribution in [3.8, 4) is 0 Å². The number of nitrogens with zero attached hydrogens (tertiary/aromatic N) is 2. The zero-order chi connectivity index (χ0) is 25.5. The molecule has 1 aliphatic carbocycles.